The summed E-state index contributed by atoms with van der Waals surface area (Å²) >= 11 is 0. The molecule has 1 atom stereocenters. The summed E-state index contributed by atoms with van der Waals surface area (Å²) in [4.78, 5) is 0. The Morgan fingerprint density at radius 2 is 1.32 bits per heavy atom. The molecule has 19 heavy (non-hydrogen) atoms. The van der Waals surface area contributed by atoms with E-state index in [9.17, 15) is 10.2 Å². The molecular formula is C16H19O2P. The van der Waals surface area contributed by atoms with Crippen molar-refractivity contribution >= 4 is 9.24 Å². The summed E-state index contributed by atoms with van der Waals surface area (Å²) in [6.07, 6.45) is 0.744. The van der Waals surface area contributed by atoms with E-state index in [4.69, 9.17) is 0 Å². The van der Waals surface area contributed by atoms with Gasteiger partial charge in [0.05, 0.1) is 0 Å². The number of hydrogen-bond donors (Lipinski definition) is 2. The van der Waals surface area contributed by atoms with Crippen LogP contribution in [0.15, 0.2) is 36.4 Å². The van der Waals surface area contributed by atoms with E-state index in [2.05, 4.69) is 9.24 Å². The number of phenols is 2. The lowest BCUT2D eigenvalue weighted by atomic mass is 9.89. The normalized spacial score (nSPS) is 10.9. The van der Waals surface area contributed by atoms with Crippen LogP contribution in [0, 0.1) is 13.8 Å². The van der Waals surface area contributed by atoms with E-state index in [0.29, 0.717) is 0 Å². The zero-order valence-electron chi connectivity index (χ0n) is 11.2. The van der Waals surface area contributed by atoms with Gasteiger partial charge in [-0.2, -0.15) is 0 Å². The van der Waals surface area contributed by atoms with Crippen molar-refractivity contribution in [3.05, 3.63) is 58.7 Å². The molecule has 0 amide bonds. The summed E-state index contributed by atoms with van der Waals surface area (Å²) in [6, 6.07) is 11.1. The van der Waals surface area contributed by atoms with Crippen LogP contribution < -0.4 is 0 Å². The van der Waals surface area contributed by atoms with Gasteiger partial charge in [0.1, 0.15) is 11.5 Å². The summed E-state index contributed by atoms with van der Waals surface area (Å²) < 4.78 is 0. The number of rotatable bonds is 3. The first-order valence-corrected chi connectivity index (χ1v) is 7.13. The topological polar surface area (TPSA) is 40.5 Å². The van der Waals surface area contributed by atoms with Gasteiger partial charge in [-0.25, -0.2) is 0 Å². The molecule has 2 aromatic carbocycles. The van der Waals surface area contributed by atoms with Gasteiger partial charge in [0.2, 0.25) is 0 Å². The zero-order valence-corrected chi connectivity index (χ0v) is 12.4. The Hall–Kier alpha value is -1.53. The number of aromatic hydroxyl groups is 2. The van der Waals surface area contributed by atoms with Crippen molar-refractivity contribution in [2.24, 2.45) is 0 Å². The van der Waals surface area contributed by atoms with Crippen molar-refractivity contribution in [1.82, 2.24) is 0 Å². The molecule has 0 fully saturated rings. The van der Waals surface area contributed by atoms with Crippen molar-refractivity contribution in [1.29, 1.82) is 0 Å². The van der Waals surface area contributed by atoms with Gasteiger partial charge in [-0.15, -0.1) is 9.24 Å². The Morgan fingerprint density at radius 3 is 1.68 bits per heavy atom. The average Bonchev–Trinajstić information content (AvgIpc) is 2.38. The monoisotopic (exact) mass is 274 g/mol. The molecule has 2 aromatic rings. The first-order chi connectivity index (χ1) is 9.02. The van der Waals surface area contributed by atoms with Crippen LogP contribution in [0.5, 0.6) is 11.5 Å². The van der Waals surface area contributed by atoms with Gasteiger partial charge >= 0.3 is 0 Å². The average molecular weight is 274 g/mol. The number of benzene rings is 2. The third-order valence-corrected chi connectivity index (χ3v) is 3.82. The second-order valence-corrected chi connectivity index (χ2v) is 5.38. The third kappa shape index (κ3) is 2.90. The second kappa shape index (κ2) is 5.63. The predicted molar refractivity (Wildman–Crippen MR) is 82.1 cm³/mol. The first-order valence-electron chi connectivity index (χ1n) is 6.32. The summed E-state index contributed by atoms with van der Waals surface area (Å²) in [5.74, 6) is 0.530. The minimum absolute atomic E-state index is 0.0233. The zero-order chi connectivity index (χ0) is 14.0. The Balaban J connectivity index is 2.55. The smallest absolute Gasteiger partial charge is 0.119 e. The van der Waals surface area contributed by atoms with Gasteiger partial charge in [0, 0.05) is 17.0 Å². The van der Waals surface area contributed by atoms with Crippen LogP contribution in [0.25, 0.3) is 0 Å². The maximum atomic E-state index is 10.1. The fourth-order valence-electron chi connectivity index (χ4n) is 2.33. The minimum Gasteiger partial charge on any atom is -0.508 e. The molecule has 0 saturated heterocycles. The minimum atomic E-state index is -0.0233. The molecule has 0 saturated carbocycles. The molecule has 2 nitrogen and oxygen atoms in total. The van der Waals surface area contributed by atoms with E-state index in [1.807, 2.05) is 38.1 Å². The molecule has 0 aliphatic heterocycles. The molecule has 2 N–H and O–H groups in total. The summed E-state index contributed by atoms with van der Waals surface area (Å²) in [5, 5.41) is 20.1. The Kier molecular flexibility index (Phi) is 4.11. The SMILES string of the molecule is Cc1ccc(O)c(C(CP)c2cc(C)ccc2O)c1. The Bertz CT molecular complexity index is 542. The molecular weight excluding hydrogens is 255 g/mol. The van der Waals surface area contributed by atoms with Crippen molar-refractivity contribution in [3.8, 4) is 11.5 Å². The first kappa shape index (κ1) is 13.9. The standard InChI is InChI=1S/C16H19O2P/c1-10-3-5-15(17)12(7-10)14(9-19)13-8-11(2)4-6-16(13)18/h3-8,14,17-18H,9,19H2,1-2H3. The summed E-state index contributed by atoms with van der Waals surface area (Å²) in [7, 11) is 2.70. The van der Waals surface area contributed by atoms with E-state index in [-0.39, 0.29) is 17.4 Å². The van der Waals surface area contributed by atoms with Crippen molar-refractivity contribution in [2.75, 3.05) is 6.16 Å². The van der Waals surface area contributed by atoms with Crippen molar-refractivity contribution in [3.63, 3.8) is 0 Å². The van der Waals surface area contributed by atoms with E-state index >= 15 is 0 Å². The highest BCUT2D eigenvalue weighted by molar-refractivity contribution is 7.16. The van der Waals surface area contributed by atoms with Gasteiger partial charge < -0.3 is 10.2 Å². The van der Waals surface area contributed by atoms with E-state index in [1.165, 1.54) is 0 Å². The summed E-state index contributed by atoms with van der Waals surface area (Å²) in [5.41, 5.74) is 3.92. The molecule has 1 unspecified atom stereocenters. The van der Waals surface area contributed by atoms with Crippen molar-refractivity contribution in [2.45, 2.75) is 19.8 Å². The second-order valence-electron chi connectivity index (χ2n) is 4.91. The maximum Gasteiger partial charge on any atom is 0.119 e. The number of phenolic OH excluding ortho intramolecular Hbond substituents is 2. The van der Waals surface area contributed by atoms with E-state index in [1.54, 1.807) is 12.1 Å². The van der Waals surface area contributed by atoms with Crippen LogP contribution in [0.4, 0.5) is 0 Å². The van der Waals surface area contributed by atoms with Crippen LogP contribution in [0.1, 0.15) is 28.2 Å². The lowest BCUT2D eigenvalue weighted by molar-refractivity contribution is 0.457. The highest BCUT2D eigenvalue weighted by atomic mass is 31.0. The lowest BCUT2D eigenvalue weighted by Gasteiger charge is -2.19. The third-order valence-electron chi connectivity index (χ3n) is 3.35. The van der Waals surface area contributed by atoms with E-state index < -0.39 is 0 Å². The Morgan fingerprint density at radius 1 is 0.895 bits per heavy atom. The molecule has 0 radical (unpaired) electrons. The molecule has 0 spiro atoms. The maximum absolute atomic E-state index is 10.1. The quantitative estimate of drug-likeness (QED) is 0.837. The predicted octanol–water partition coefficient (Wildman–Crippen LogP) is 3.72. The van der Waals surface area contributed by atoms with Crippen LogP contribution in [-0.4, -0.2) is 16.4 Å². The largest absolute Gasteiger partial charge is 0.508 e. The van der Waals surface area contributed by atoms with Gasteiger partial charge in [0.25, 0.3) is 0 Å². The molecule has 0 aliphatic rings. The van der Waals surface area contributed by atoms with Crippen LogP contribution in [0.3, 0.4) is 0 Å². The molecule has 0 aliphatic carbocycles. The number of hydrogen-bond acceptors (Lipinski definition) is 2. The van der Waals surface area contributed by atoms with Gasteiger partial charge in [-0.05, 0) is 32.1 Å². The molecule has 100 valence electrons. The fourth-order valence-corrected chi connectivity index (χ4v) is 2.84. The van der Waals surface area contributed by atoms with Crippen LogP contribution in [-0.2, 0) is 0 Å². The van der Waals surface area contributed by atoms with Crippen LogP contribution >= 0.6 is 9.24 Å². The van der Waals surface area contributed by atoms with Gasteiger partial charge in [-0.3, -0.25) is 0 Å². The Labute approximate surface area is 116 Å². The highest BCUT2D eigenvalue weighted by Gasteiger charge is 2.19. The van der Waals surface area contributed by atoms with Crippen molar-refractivity contribution < 1.29 is 10.2 Å². The fraction of sp³-hybridized carbons (Fsp3) is 0.250. The van der Waals surface area contributed by atoms with Gasteiger partial charge in [-0.1, -0.05) is 35.4 Å². The molecule has 0 bridgehead atoms. The van der Waals surface area contributed by atoms with E-state index in [0.717, 1.165) is 28.4 Å². The molecule has 0 heterocycles. The number of aryl methyl sites for hydroxylation is 2. The molecule has 3 heteroatoms. The van der Waals surface area contributed by atoms with Crippen LogP contribution in [0.2, 0.25) is 0 Å². The molecule has 2 rings (SSSR count). The molecule has 0 aromatic heterocycles. The highest BCUT2D eigenvalue weighted by Crippen LogP contribution is 2.37. The summed E-state index contributed by atoms with van der Waals surface area (Å²) in [6.45, 7) is 4.00. The lowest BCUT2D eigenvalue weighted by Crippen LogP contribution is -2.04. The van der Waals surface area contributed by atoms with Gasteiger partial charge in [0.15, 0.2) is 0 Å².